The van der Waals surface area contributed by atoms with Crippen molar-refractivity contribution in [3.63, 3.8) is 0 Å². The third-order valence-electron chi connectivity index (χ3n) is 4.33. The van der Waals surface area contributed by atoms with E-state index in [1.54, 1.807) is 16.0 Å². The second kappa shape index (κ2) is 6.85. The van der Waals surface area contributed by atoms with Gasteiger partial charge in [0.15, 0.2) is 0 Å². The van der Waals surface area contributed by atoms with Crippen LogP contribution in [0.1, 0.15) is 29.1 Å². The van der Waals surface area contributed by atoms with Crippen molar-refractivity contribution in [2.45, 2.75) is 50.2 Å². The van der Waals surface area contributed by atoms with Gasteiger partial charge in [0.05, 0.1) is 23.8 Å². The van der Waals surface area contributed by atoms with Gasteiger partial charge < -0.3 is 10.5 Å². The van der Waals surface area contributed by atoms with Crippen LogP contribution in [0.15, 0.2) is 5.16 Å². The van der Waals surface area contributed by atoms with Crippen LogP contribution in [0.5, 0.6) is 0 Å². The number of anilines is 1. The summed E-state index contributed by atoms with van der Waals surface area (Å²) in [5.74, 6) is 1.81. The molecule has 4 heterocycles. The van der Waals surface area contributed by atoms with Crippen molar-refractivity contribution in [1.82, 2.24) is 30.2 Å². The van der Waals surface area contributed by atoms with Crippen molar-refractivity contribution in [2.75, 3.05) is 12.3 Å². The summed E-state index contributed by atoms with van der Waals surface area (Å²) in [4.78, 5) is 11.3. The minimum atomic E-state index is 0.197. The lowest BCUT2D eigenvalue weighted by atomic mass is 10.2. The zero-order valence-electron chi connectivity index (χ0n) is 14.1. The summed E-state index contributed by atoms with van der Waals surface area (Å²) >= 11 is 3.17. The second-order valence-electron chi connectivity index (χ2n) is 6.06. The highest BCUT2D eigenvalue weighted by atomic mass is 32.2. The van der Waals surface area contributed by atoms with Crippen LogP contribution in [-0.4, -0.2) is 42.9 Å². The SMILES string of the molecule is Cc1sc2nc(CSc3nnnn3C[C@H]3CCCO3)nc(N)c2c1C. The van der Waals surface area contributed by atoms with E-state index in [1.807, 2.05) is 0 Å². The maximum absolute atomic E-state index is 6.14. The number of nitrogens with zero attached hydrogens (tertiary/aromatic N) is 6. The molecular formula is C15H19N7OS2. The Labute approximate surface area is 153 Å². The number of nitrogen functional groups attached to an aromatic ring is 1. The summed E-state index contributed by atoms with van der Waals surface area (Å²) < 4.78 is 7.45. The number of aromatic nitrogens is 6. The van der Waals surface area contributed by atoms with Crippen LogP contribution in [0.25, 0.3) is 10.2 Å². The molecule has 4 rings (SSSR count). The fraction of sp³-hybridized carbons (Fsp3) is 0.533. The van der Waals surface area contributed by atoms with E-state index < -0.39 is 0 Å². The minimum Gasteiger partial charge on any atom is -0.383 e. The number of fused-ring (bicyclic) bond motifs is 1. The molecular weight excluding hydrogens is 358 g/mol. The number of thiophene rings is 1. The summed E-state index contributed by atoms with van der Waals surface area (Å²) in [7, 11) is 0. The summed E-state index contributed by atoms with van der Waals surface area (Å²) in [5.41, 5.74) is 7.31. The molecule has 0 saturated carbocycles. The minimum absolute atomic E-state index is 0.197. The van der Waals surface area contributed by atoms with Crippen LogP contribution in [0, 0.1) is 13.8 Å². The van der Waals surface area contributed by atoms with Crippen LogP contribution < -0.4 is 5.73 Å². The van der Waals surface area contributed by atoms with E-state index in [-0.39, 0.29) is 6.10 Å². The topological polar surface area (TPSA) is 105 Å². The van der Waals surface area contributed by atoms with Crippen molar-refractivity contribution >= 4 is 39.1 Å². The average molecular weight is 377 g/mol. The maximum atomic E-state index is 6.14. The third kappa shape index (κ3) is 3.33. The molecule has 0 bridgehead atoms. The van der Waals surface area contributed by atoms with Gasteiger partial charge in [-0.15, -0.1) is 16.4 Å². The molecule has 132 valence electrons. The molecule has 1 aliphatic heterocycles. The average Bonchev–Trinajstić information content (AvgIpc) is 3.29. The predicted molar refractivity (Wildman–Crippen MR) is 97.7 cm³/mol. The Hall–Kier alpha value is -1.78. The normalized spacial score (nSPS) is 17.6. The van der Waals surface area contributed by atoms with Crippen LogP contribution >= 0.6 is 23.1 Å². The summed E-state index contributed by atoms with van der Waals surface area (Å²) in [6.07, 6.45) is 2.35. The molecule has 0 aliphatic carbocycles. The lowest BCUT2D eigenvalue weighted by Crippen LogP contribution is -2.16. The van der Waals surface area contributed by atoms with Gasteiger partial charge in [0.25, 0.3) is 0 Å². The Morgan fingerprint density at radius 3 is 3.04 bits per heavy atom. The fourth-order valence-electron chi connectivity index (χ4n) is 2.92. The highest BCUT2D eigenvalue weighted by Gasteiger charge is 2.19. The van der Waals surface area contributed by atoms with Gasteiger partial charge in [-0.2, -0.15) is 0 Å². The molecule has 1 atom stereocenters. The van der Waals surface area contributed by atoms with Gasteiger partial charge >= 0.3 is 0 Å². The van der Waals surface area contributed by atoms with E-state index in [1.165, 1.54) is 16.6 Å². The van der Waals surface area contributed by atoms with E-state index in [9.17, 15) is 0 Å². The van der Waals surface area contributed by atoms with Crippen molar-refractivity contribution in [3.05, 3.63) is 16.3 Å². The Kier molecular flexibility index (Phi) is 4.57. The van der Waals surface area contributed by atoms with E-state index in [2.05, 4.69) is 39.3 Å². The first-order chi connectivity index (χ1) is 12.1. The first kappa shape index (κ1) is 16.7. The predicted octanol–water partition coefficient (Wildman–Crippen LogP) is 2.35. The zero-order valence-corrected chi connectivity index (χ0v) is 15.7. The molecule has 0 unspecified atom stereocenters. The lowest BCUT2D eigenvalue weighted by molar-refractivity contribution is 0.0912. The Balaban J connectivity index is 1.50. The quantitative estimate of drug-likeness (QED) is 0.676. The Morgan fingerprint density at radius 2 is 2.24 bits per heavy atom. The summed E-state index contributed by atoms with van der Waals surface area (Å²) in [6.45, 7) is 5.64. The number of nitrogens with two attached hydrogens (primary N) is 1. The van der Waals surface area contributed by atoms with E-state index in [0.717, 1.165) is 40.4 Å². The van der Waals surface area contributed by atoms with Crippen LogP contribution in [-0.2, 0) is 17.0 Å². The van der Waals surface area contributed by atoms with Gasteiger partial charge in [-0.1, -0.05) is 11.8 Å². The van der Waals surface area contributed by atoms with Crippen LogP contribution in [0.3, 0.4) is 0 Å². The molecule has 1 fully saturated rings. The van der Waals surface area contributed by atoms with Crippen LogP contribution in [0.4, 0.5) is 5.82 Å². The first-order valence-electron chi connectivity index (χ1n) is 8.14. The monoisotopic (exact) mass is 377 g/mol. The van der Waals surface area contributed by atoms with Gasteiger partial charge in [0.1, 0.15) is 16.5 Å². The van der Waals surface area contributed by atoms with Crippen molar-refractivity contribution in [2.24, 2.45) is 0 Å². The van der Waals surface area contributed by atoms with Crippen molar-refractivity contribution < 1.29 is 4.74 Å². The molecule has 0 aromatic carbocycles. The molecule has 0 spiro atoms. The number of tetrazole rings is 1. The number of thioether (sulfide) groups is 1. The standard InChI is InChI=1S/C15H19N7OS2/c1-8-9(2)25-14-12(8)13(16)17-11(18-14)7-24-15-19-20-21-22(15)6-10-4-3-5-23-10/h10H,3-7H2,1-2H3,(H2,16,17,18)/t10-/m1/s1. The summed E-state index contributed by atoms with van der Waals surface area (Å²) in [6, 6.07) is 0. The molecule has 3 aromatic heterocycles. The highest BCUT2D eigenvalue weighted by molar-refractivity contribution is 7.98. The van der Waals surface area contributed by atoms with E-state index >= 15 is 0 Å². The fourth-order valence-corrected chi connectivity index (χ4v) is 4.71. The van der Waals surface area contributed by atoms with Gasteiger partial charge in [-0.05, 0) is 42.7 Å². The number of aryl methyl sites for hydroxylation is 2. The molecule has 1 aliphatic rings. The van der Waals surface area contributed by atoms with Crippen molar-refractivity contribution in [3.8, 4) is 0 Å². The largest absolute Gasteiger partial charge is 0.383 e. The number of rotatable bonds is 5. The smallest absolute Gasteiger partial charge is 0.209 e. The molecule has 8 nitrogen and oxygen atoms in total. The van der Waals surface area contributed by atoms with Gasteiger partial charge in [-0.25, -0.2) is 14.6 Å². The Morgan fingerprint density at radius 1 is 1.36 bits per heavy atom. The van der Waals surface area contributed by atoms with E-state index in [4.69, 9.17) is 10.5 Å². The lowest BCUT2D eigenvalue weighted by Gasteiger charge is -2.09. The first-order valence-corrected chi connectivity index (χ1v) is 9.94. The van der Waals surface area contributed by atoms with Gasteiger partial charge in [-0.3, -0.25) is 0 Å². The molecule has 10 heteroatoms. The molecule has 25 heavy (non-hydrogen) atoms. The second-order valence-corrected chi connectivity index (χ2v) is 8.20. The van der Waals surface area contributed by atoms with Gasteiger partial charge in [0, 0.05) is 11.5 Å². The number of hydrogen-bond donors (Lipinski definition) is 1. The summed E-state index contributed by atoms with van der Waals surface area (Å²) in [5, 5.41) is 13.7. The maximum Gasteiger partial charge on any atom is 0.209 e. The molecule has 2 N–H and O–H groups in total. The van der Waals surface area contributed by atoms with Crippen molar-refractivity contribution in [1.29, 1.82) is 0 Å². The highest BCUT2D eigenvalue weighted by Crippen LogP contribution is 2.32. The van der Waals surface area contributed by atoms with E-state index in [0.29, 0.717) is 23.9 Å². The molecule has 0 radical (unpaired) electrons. The van der Waals surface area contributed by atoms with Crippen LogP contribution in [0.2, 0.25) is 0 Å². The number of hydrogen-bond acceptors (Lipinski definition) is 9. The molecule has 0 amide bonds. The zero-order chi connectivity index (χ0) is 17.4. The molecule has 1 saturated heterocycles. The van der Waals surface area contributed by atoms with Gasteiger partial charge in [0.2, 0.25) is 5.16 Å². The molecule has 3 aromatic rings. The third-order valence-corrected chi connectivity index (χ3v) is 6.39. The Bertz CT molecular complexity index is 901. The number of ether oxygens (including phenoxy) is 1.